The first kappa shape index (κ1) is 13.5. The summed E-state index contributed by atoms with van der Waals surface area (Å²) in [6.07, 6.45) is 8.16. The maximum absolute atomic E-state index is 9.76. The van der Waals surface area contributed by atoms with Crippen LogP contribution in [0.2, 0.25) is 0 Å². The molecule has 0 radical (unpaired) electrons. The fourth-order valence-corrected chi connectivity index (χ4v) is 2.14. The highest BCUT2D eigenvalue weighted by Gasteiger charge is 2.16. The molecule has 0 amide bonds. The Balaban J connectivity index is 2.41. The Morgan fingerprint density at radius 3 is 2.50 bits per heavy atom. The highest BCUT2D eigenvalue weighted by Crippen LogP contribution is 2.25. The summed E-state index contributed by atoms with van der Waals surface area (Å²) in [5.74, 6) is 1.01. The molecule has 2 heteroatoms. The van der Waals surface area contributed by atoms with Gasteiger partial charge in [0.05, 0.1) is 12.2 Å². The third-order valence-electron chi connectivity index (χ3n) is 3.15. The normalized spacial score (nSPS) is 26.1. The average molecular weight is 224 g/mol. The first-order valence-electron chi connectivity index (χ1n) is 6.23. The van der Waals surface area contributed by atoms with Crippen molar-refractivity contribution < 1.29 is 10.2 Å². The molecule has 0 aromatic heterocycles. The van der Waals surface area contributed by atoms with E-state index in [2.05, 4.69) is 32.1 Å². The lowest BCUT2D eigenvalue weighted by Gasteiger charge is -2.21. The van der Waals surface area contributed by atoms with Crippen molar-refractivity contribution in [1.82, 2.24) is 0 Å². The van der Waals surface area contributed by atoms with Gasteiger partial charge in [-0.25, -0.2) is 0 Å². The second-order valence-electron chi connectivity index (χ2n) is 5.15. The lowest BCUT2D eigenvalue weighted by atomic mass is 9.87. The van der Waals surface area contributed by atoms with Crippen LogP contribution in [-0.2, 0) is 0 Å². The summed E-state index contributed by atoms with van der Waals surface area (Å²) in [5.41, 5.74) is 1.32. The molecule has 0 saturated carbocycles. The van der Waals surface area contributed by atoms with Crippen molar-refractivity contribution in [3.05, 3.63) is 23.8 Å². The van der Waals surface area contributed by atoms with Crippen LogP contribution in [0, 0.1) is 11.8 Å². The molecule has 0 bridgehead atoms. The number of hydrogen-bond donors (Lipinski definition) is 2. The van der Waals surface area contributed by atoms with Gasteiger partial charge in [-0.15, -0.1) is 0 Å². The molecule has 0 aliphatic heterocycles. The summed E-state index contributed by atoms with van der Waals surface area (Å²) in [4.78, 5) is 0. The number of hydrogen-bond acceptors (Lipinski definition) is 2. The quantitative estimate of drug-likeness (QED) is 0.753. The molecule has 4 unspecified atom stereocenters. The summed E-state index contributed by atoms with van der Waals surface area (Å²) in [6.45, 7) is 6.06. The van der Waals surface area contributed by atoms with Crippen molar-refractivity contribution >= 4 is 0 Å². The Hall–Kier alpha value is -0.600. The van der Waals surface area contributed by atoms with Gasteiger partial charge in [0.1, 0.15) is 0 Å². The molecule has 0 aromatic rings. The summed E-state index contributed by atoms with van der Waals surface area (Å²) >= 11 is 0. The summed E-state index contributed by atoms with van der Waals surface area (Å²) in [6, 6.07) is 0. The summed E-state index contributed by atoms with van der Waals surface area (Å²) < 4.78 is 0. The van der Waals surface area contributed by atoms with Gasteiger partial charge in [0.25, 0.3) is 0 Å². The van der Waals surface area contributed by atoms with Gasteiger partial charge >= 0.3 is 0 Å². The lowest BCUT2D eigenvalue weighted by Crippen LogP contribution is -2.18. The molecule has 4 atom stereocenters. The number of allylic oxidation sites excluding steroid dienone is 4. The van der Waals surface area contributed by atoms with Gasteiger partial charge in [0.2, 0.25) is 0 Å². The topological polar surface area (TPSA) is 40.5 Å². The standard InChI is InChI=1S/C14H24O2/c1-10-4-6-13(7-5-10)11(2)8-14(16)9-12(3)15/h4,6-7,10-12,14-16H,5,8-9H2,1-3H3. The van der Waals surface area contributed by atoms with Crippen molar-refractivity contribution in [1.29, 1.82) is 0 Å². The van der Waals surface area contributed by atoms with Crippen LogP contribution in [0.4, 0.5) is 0 Å². The number of rotatable bonds is 5. The van der Waals surface area contributed by atoms with E-state index in [-0.39, 0.29) is 0 Å². The second kappa shape index (κ2) is 6.21. The second-order valence-corrected chi connectivity index (χ2v) is 5.15. The Kier molecular flexibility index (Phi) is 5.23. The van der Waals surface area contributed by atoms with E-state index in [1.165, 1.54) is 5.57 Å². The van der Waals surface area contributed by atoms with Gasteiger partial charge in [-0.05, 0) is 43.6 Å². The van der Waals surface area contributed by atoms with Crippen LogP contribution >= 0.6 is 0 Å². The SMILES string of the molecule is CC(O)CC(O)CC(C)C1=CCC(C)C=C1. The monoisotopic (exact) mass is 224 g/mol. The van der Waals surface area contributed by atoms with E-state index >= 15 is 0 Å². The lowest BCUT2D eigenvalue weighted by molar-refractivity contribution is 0.0787. The minimum atomic E-state index is -0.418. The molecule has 0 spiro atoms. The van der Waals surface area contributed by atoms with Crippen molar-refractivity contribution in [2.75, 3.05) is 0 Å². The molecule has 92 valence electrons. The molecule has 16 heavy (non-hydrogen) atoms. The third kappa shape index (κ3) is 4.50. The highest BCUT2D eigenvalue weighted by molar-refractivity contribution is 5.25. The van der Waals surface area contributed by atoms with Gasteiger partial charge in [0.15, 0.2) is 0 Å². The summed E-state index contributed by atoms with van der Waals surface area (Å²) in [5, 5.41) is 19.0. The minimum Gasteiger partial charge on any atom is -0.393 e. The third-order valence-corrected chi connectivity index (χ3v) is 3.15. The fourth-order valence-electron chi connectivity index (χ4n) is 2.14. The van der Waals surface area contributed by atoms with E-state index in [0.717, 1.165) is 12.8 Å². The molecule has 1 aliphatic carbocycles. The van der Waals surface area contributed by atoms with Crippen molar-refractivity contribution in [3.8, 4) is 0 Å². The van der Waals surface area contributed by atoms with Crippen LogP contribution in [0.5, 0.6) is 0 Å². The maximum atomic E-state index is 9.76. The zero-order chi connectivity index (χ0) is 12.1. The summed E-state index contributed by atoms with van der Waals surface area (Å²) in [7, 11) is 0. The molecule has 1 aliphatic rings. The van der Waals surface area contributed by atoms with E-state index in [0.29, 0.717) is 18.3 Å². The maximum Gasteiger partial charge on any atom is 0.0570 e. The van der Waals surface area contributed by atoms with Crippen LogP contribution in [0.1, 0.15) is 40.0 Å². The van der Waals surface area contributed by atoms with E-state index < -0.39 is 12.2 Å². The van der Waals surface area contributed by atoms with Crippen LogP contribution in [0.15, 0.2) is 23.8 Å². The largest absolute Gasteiger partial charge is 0.393 e. The van der Waals surface area contributed by atoms with Gasteiger partial charge < -0.3 is 10.2 Å². The zero-order valence-corrected chi connectivity index (χ0v) is 10.6. The fraction of sp³-hybridized carbons (Fsp3) is 0.714. The Bertz CT molecular complexity index is 266. The predicted octanol–water partition coefficient (Wildman–Crippen LogP) is 2.67. The molecular weight excluding hydrogens is 200 g/mol. The van der Waals surface area contributed by atoms with Crippen LogP contribution in [0.3, 0.4) is 0 Å². The predicted molar refractivity (Wildman–Crippen MR) is 67.1 cm³/mol. The Morgan fingerprint density at radius 2 is 2.00 bits per heavy atom. The Labute approximate surface area is 98.7 Å². The van der Waals surface area contributed by atoms with Crippen LogP contribution < -0.4 is 0 Å². The van der Waals surface area contributed by atoms with Gasteiger partial charge in [-0.2, -0.15) is 0 Å². The van der Waals surface area contributed by atoms with E-state index in [1.807, 2.05) is 0 Å². The average Bonchev–Trinajstić information content (AvgIpc) is 2.16. The van der Waals surface area contributed by atoms with Gasteiger partial charge in [-0.1, -0.05) is 32.1 Å². The molecular formula is C14H24O2. The van der Waals surface area contributed by atoms with Gasteiger partial charge in [0, 0.05) is 0 Å². The van der Waals surface area contributed by atoms with E-state index in [4.69, 9.17) is 0 Å². The van der Waals surface area contributed by atoms with E-state index in [9.17, 15) is 10.2 Å². The first-order valence-corrected chi connectivity index (χ1v) is 6.23. The van der Waals surface area contributed by atoms with Crippen molar-refractivity contribution in [2.24, 2.45) is 11.8 Å². The van der Waals surface area contributed by atoms with Crippen LogP contribution in [0.25, 0.3) is 0 Å². The van der Waals surface area contributed by atoms with E-state index in [1.54, 1.807) is 6.92 Å². The molecule has 0 heterocycles. The van der Waals surface area contributed by atoms with Gasteiger partial charge in [-0.3, -0.25) is 0 Å². The molecule has 0 saturated heterocycles. The number of aliphatic hydroxyl groups excluding tert-OH is 2. The Morgan fingerprint density at radius 1 is 1.31 bits per heavy atom. The van der Waals surface area contributed by atoms with Crippen molar-refractivity contribution in [2.45, 2.75) is 52.2 Å². The first-order chi connectivity index (χ1) is 7.49. The van der Waals surface area contributed by atoms with Crippen molar-refractivity contribution in [3.63, 3.8) is 0 Å². The smallest absolute Gasteiger partial charge is 0.0570 e. The molecule has 2 N–H and O–H groups in total. The molecule has 0 fully saturated rings. The molecule has 1 rings (SSSR count). The molecule has 0 aromatic carbocycles. The number of aliphatic hydroxyl groups is 2. The highest BCUT2D eigenvalue weighted by atomic mass is 16.3. The van der Waals surface area contributed by atoms with Crippen LogP contribution in [-0.4, -0.2) is 22.4 Å². The zero-order valence-electron chi connectivity index (χ0n) is 10.6. The minimum absolute atomic E-state index is 0.373. The molecule has 2 nitrogen and oxygen atoms in total.